The number of hydrogen-bond donors (Lipinski definition) is 1. The Morgan fingerprint density at radius 2 is 2.11 bits per heavy atom. The van der Waals surface area contributed by atoms with Gasteiger partial charge >= 0.3 is 0 Å². The Morgan fingerprint density at radius 3 is 2.56 bits per heavy atom. The van der Waals surface area contributed by atoms with Crippen molar-refractivity contribution in [1.82, 2.24) is 0 Å². The highest BCUT2D eigenvalue weighted by molar-refractivity contribution is 14.1. The Hall–Kier alpha value is 0.690. The first kappa shape index (κ1) is 9.69. The molecule has 0 heterocycles. The van der Waals surface area contributed by atoms with E-state index in [2.05, 4.69) is 29.5 Å². The van der Waals surface area contributed by atoms with E-state index in [1.165, 1.54) is 4.43 Å². The summed E-state index contributed by atoms with van der Waals surface area (Å²) in [4.78, 5) is 0. The first-order valence-electron chi connectivity index (χ1n) is 3.55. The molecule has 1 nitrogen and oxygen atoms in total. The van der Waals surface area contributed by atoms with Crippen molar-refractivity contribution < 1.29 is 5.11 Å². The third-order valence-corrected chi connectivity index (χ3v) is 2.06. The molecular weight excluding hydrogens is 227 g/mol. The summed E-state index contributed by atoms with van der Waals surface area (Å²) in [6, 6.07) is 0. The van der Waals surface area contributed by atoms with Crippen LogP contribution in [0.5, 0.6) is 0 Å². The summed E-state index contributed by atoms with van der Waals surface area (Å²) in [5.74, 6) is 0. The van der Waals surface area contributed by atoms with Gasteiger partial charge < -0.3 is 5.11 Å². The predicted molar refractivity (Wildman–Crippen MR) is 49.0 cm³/mol. The second kappa shape index (κ2) is 6.81. The molecular formula is C7H15IO. The van der Waals surface area contributed by atoms with Gasteiger partial charge in [0, 0.05) is 0 Å². The molecule has 0 saturated carbocycles. The van der Waals surface area contributed by atoms with Crippen molar-refractivity contribution >= 4 is 22.6 Å². The lowest BCUT2D eigenvalue weighted by atomic mass is 10.1. The molecule has 56 valence electrons. The van der Waals surface area contributed by atoms with Crippen LogP contribution in [0.15, 0.2) is 0 Å². The smallest absolute Gasteiger partial charge is 0.0540 e. The molecule has 0 amide bonds. The maximum absolute atomic E-state index is 9.18. The number of halogens is 1. The Labute approximate surface area is 71.0 Å². The molecule has 0 rings (SSSR count). The van der Waals surface area contributed by atoms with Crippen molar-refractivity contribution in [3.05, 3.63) is 0 Å². The highest BCUT2D eigenvalue weighted by Gasteiger charge is 1.99. The second-order valence-corrected chi connectivity index (χ2v) is 3.35. The van der Waals surface area contributed by atoms with Gasteiger partial charge in [0.2, 0.25) is 0 Å². The maximum Gasteiger partial charge on any atom is 0.0540 e. The molecule has 0 aromatic rings. The van der Waals surface area contributed by atoms with Crippen LogP contribution in [-0.4, -0.2) is 15.6 Å². The van der Waals surface area contributed by atoms with E-state index in [9.17, 15) is 5.11 Å². The summed E-state index contributed by atoms with van der Waals surface area (Å²) in [6.45, 7) is 2.10. The summed E-state index contributed by atoms with van der Waals surface area (Å²) in [5, 5.41) is 9.18. The minimum absolute atomic E-state index is 0.0373. The van der Waals surface area contributed by atoms with Gasteiger partial charge in [-0.2, -0.15) is 0 Å². The van der Waals surface area contributed by atoms with Crippen LogP contribution in [0.25, 0.3) is 0 Å². The highest BCUT2D eigenvalue weighted by Crippen LogP contribution is 2.05. The molecule has 1 unspecified atom stereocenters. The molecule has 0 aromatic heterocycles. The predicted octanol–water partition coefficient (Wildman–Crippen LogP) is 2.36. The lowest BCUT2D eigenvalue weighted by Gasteiger charge is -2.05. The van der Waals surface area contributed by atoms with Crippen LogP contribution in [0.1, 0.15) is 32.6 Å². The maximum atomic E-state index is 9.18. The van der Waals surface area contributed by atoms with Gasteiger partial charge in [-0.25, -0.2) is 0 Å². The van der Waals surface area contributed by atoms with E-state index in [0.29, 0.717) is 0 Å². The molecule has 0 aliphatic carbocycles. The standard InChI is InChI=1S/C7H15IO/c1-2-4-7(9)5-3-6-8/h7,9H,2-6H2,1H3. The van der Waals surface area contributed by atoms with Crippen molar-refractivity contribution in [1.29, 1.82) is 0 Å². The van der Waals surface area contributed by atoms with Crippen LogP contribution in [0, 0.1) is 0 Å². The fourth-order valence-electron chi connectivity index (χ4n) is 0.790. The lowest BCUT2D eigenvalue weighted by Crippen LogP contribution is -2.04. The molecule has 9 heavy (non-hydrogen) atoms. The van der Waals surface area contributed by atoms with Crippen LogP contribution in [0.2, 0.25) is 0 Å². The van der Waals surface area contributed by atoms with Crippen molar-refractivity contribution in [3.8, 4) is 0 Å². The number of alkyl halides is 1. The molecule has 0 aliphatic heterocycles. The van der Waals surface area contributed by atoms with Crippen molar-refractivity contribution in [2.45, 2.75) is 38.7 Å². The molecule has 0 radical (unpaired) electrons. The molecule has 0 fully saturated rings. The van der Waals surface area contributed by atoms with Gasteiger partial charge in [0.15, 0.2) is 0 Å². The molecule has 0 spiro atoms. The average molecular weight is 242 g/mol. The largest absolute Gasteiger partial charge is 0.393 e. The zero-order valence-electron chi connectivity index (χ0n) is 5.94. The number of hydrogen-bond acceptors (Lipinski definition) is 1. The van der Waals surface area contributed by atoms with Gasteiger partial charge in [-0.05, 0) is 23.7 Å². The molecule has 0 bridgehead atoms. The fourth-order valence-corrected chi connectivity index (χ4v) is 1.23. The third-order valence-electron chi connectivity index (χ3n) is 1.29. The Morgan fingerprint density at radius 1 is 1.44 bits per heavy atom. The number of rotatable bonds is 5. The highest BCUT2D eigenvalue weighted by atomic mass is 127. The van der Waals surface area contributed by atoms with Crippen molar-refractivity contribution in [2.24, 2.45) is 0 Å². The average Bonchev–Trinajstić information content (AvgIpc) is 1.85. The number of aliphatic hydroxyl groups excluding tert-OH is 1. The van der Waals surface area contributed by atoms with E-state index < -0.39 is 0 Å². The topological polar surface area (TPSA) is 20.2 Å². The van der Waals surface area contributed by atoms with E-state index in [4.69, 9.17) is 0 Å². The summed E-state index contributed by atoms with van der Waals surface area (Å²) in [5.41, 5.74) is 0. The molecule has 1 atom stereocenters. The second-order valence-electron chi connectivity index (χ2n) is 2.27. The van der Waals surface area contributed by atoms with Crippen LogP contribution in [-0.2, 0) is 0 Å². The van der Waals surface area contributed by atoms with E-state index in [-0.39, 0.29) is 6.10 Å². The third kappa shape index (κ3) is 6.58. The van der Waals surface area contributed by atoms with E-state index in [1.807, 2.05) is 0 Å². The van der Waals surface area contributed by atoms with Crippen LogP contribution in [0.4, 0.5) is 0 Å². The zero-order valence-corrected chi connectivity index (χ0v) is 8.10. The first-order chi connectivity index (χ1) is 4.31. The molecule has 2 heteroatoms. The van der Waals surface area contributed by atoms with Crippen molar-refractivity contribution in [2.75, 3.05) is 4.43 Å². The van der Waals surface area contributed by atoms with Crippen LogP contribution >= 0.6 is 22.6 Å². The Balaban J connectivity index is 2.95. The first-order valence-corrected chi connectivity index (χ1v) is 5.07. The Bertz CT molecular complexity index is 56.9. The summed E-state index contributed by atoms with van der Waals surface area (Å²) >= 11 is 2.34. The molecule has 0 aliphatic rings. The van der Waals surface area contributed by atoms with Gasteiger partial charge in [-0.3, -0.25) is 0 Å². The minimum atomic E-state index is -0.0373. The Kier molecular flexibility index (Phi) is 7.33. The van der Waals surface area contributed by atoms with E-state index in [1.54, 1.807) is 0 Å². The van der Waals surface area contributed by atoms with Gasteiger partial charge in [0.25, 0.3) is 0 Å². The van der Waals surface area contributed by atoms with Crippen LogP contribution in [0.3, 0.4) is 0 Å². The lowest BCUT2D eigenvalue weighted by molar-refractivity contribution is 0.153. The summed E-state index contributed by atoms with van der Waals surface area (Å²) in [6.07, 6.45) is 4.17. The molecule has 0 saturated heterocycles. The normalized spacial score (nSPS) is 13.7. The molecule has 0 aromatic carbocycles. The van der Waals surface area contributed by atoms with E-state index >= 15 is 0 Å². The molecule has 1 N–H and O–H groups in total. The quantitative estimate of drug-likeness (QED) is 0.579. The minimum Gasteiger partial charge on any atom is -0.393 e. The van der Waals surface area contributed by atoms with Crippen LogP contribution < -0.4 is 0 Å². The van der Waals surface area contributed by atoms with Crippen molar-refractivity contribution in [3.63, 3.8) is 0 Å². The summed E-state index contributed by atoms with van der Waals surface area (Å²) in [7, 11) is 0. The van der Waals surface area contributed by atoms with E-state index in [0.717, 1.165) is 25.7 Å². The summed E-state index contributed by atoms with van der Waals surface area (Å²) < 4.78 is 1.17. The van der Waals surface area contributed by atoms with Gasteiger partial charge in [-0.15, -0.1) is 0 Å². The zero-order chi connectivity index (χ0) is 7.11. The SMILES string of the molecule is CCCC(O)CCCI. The van der Waals surface area contributed by atoms with Gasteiger partial charge in [-0.1, -0.05) is 35.9 Å². The van der Waals surface area contributed by atoms with Gasteiger partial charge in [0.05, 0.1) is 6.10 Å². The fraction of sp³-hybridized carbons (Fsp3) is 1.00. The monoisotopic (exact) mass is 242 g/mol. The number of aliphatic hydroxyl groups is 1. The van der Waals surface area contributed by atoms with Gasteiger partial charge in [0.1, 0.15) is 0 Å².